The highest BCUT2D eigenvalue weighted by Gasteiger charge is 2.37. The number of amides is 2. The summed E-state index contributed by atoms with van der Waals surface area (Å²) < 4.78 is 6.91. The van der Waals surface area contributed by atoms with Gasteiger partial charge in [-0.15, -0.1) is 0 Å². The molecule has 7 nitrogen and oxygen atoms in total. The molecule has 0 aliphatic carbocycles. The summed E-state index contributed by atoms with van der Waals surface area (Å²) in [6.07, 6.45) is -0.00580. The van der Waals surface area contributed by atoms with Crippen molar-refractivity contribution in [3.8, 4) is 11.1 Å². The van der Waals surface area contributed by atoms with Gasteiger partial charge in [0, 0.05) is 18.4 Å². The van der Waals surface area contributed by atoms with Gasteiger partial charge >= 0.3 is 0 Å². The van der Waals surface area contributed by atoms with Crippen LogP contribution in [0.1, 0.15) is 29.3 Å². The summed E-state index contributed by atoms with van der Waals surface area (Å²) in [5.41, 5.74) is 5.33. The maximum absolute atomic E-state index is 12.7. The number of nitrogens with one attached hydrogen (secondary N) is 2. The third-order valence-electron chi connectivity index (χ3n) is 5.05. The van der Waals surface area contributed by atoms with Gasteiger partial charge in [0.1, 0.15) is 11.9 Å². The Hall–Kier alpha value is -3.45. The van der Waals surface area contributed by atoms with Gasteiger partial charge in [0.05, 0.1) is 18.7 Å². The smallest absolute Gasteiger partial charge is 0.251 e. The van der Waals surface area contributed by atoms with Gasteiger partial charge in [-0.2, -0.15) is 5.10 Å². The van der Waals surface area contributed by atoms with E-state index < -0.39 is 6.04 Å². The number of benzene rings is 2. The van der Waals surface area contributed by atoms with Crippen LogP contribution in [-0.2, 0) is 20.9 Å². The maximum atomic E-state index is 12.7. The molecule has 0 fully saturated rings. The average Bonchev–Trinajstić information content (AvgIpc) is 3.17. The highest BCUT2D eigenvalue weighted by atomic mass is 16.5. The quantitative estimate of drug-likeness (QED) is 0.654. The van der Waals surface area contributed by atoms with Crippen molar-refractivity contribution in [2.45, 2.75) is 32.9 Å². The Balaban J connectivity index is 1.61. The second-order valence-electron chi connectivity index (χ2n) is 7.55. The van der Waals surface area contributed by atoms with Crippen LogP contribution in [0.15, 0.2) is 48.5 Å². The molecule has 4 rings (SSSR count). The van der Waals surface area contributed by atoms with Crippen LogP contribution in [0.3, 0.4) is 0 Å². The fourth-order valence-corrected chi connectivity index (χ4v) is 3.90. The zero-order valence-electron chi connectivity index (χ0n) is 17.2. The summed E-state index contributed by atoms with van der Waals surface area (Å²) >= 11 is 0. The van der Waals surface area contributed by atoms with Crippen molar-refractivity contribution in [1.29, 1.82) is 0 Å². The monoisotopic (exact) mass is 404 g/mol. The maximum Gasteiger partial charge on any atom is 0.251 e. The molecule has 2 heterocycles. The number of carbonyl (C=O) groups excluding carboxylic acids is 2. The third-order valence-corrected chi connectivity index (χ3v) is 5.05. The van der Waals surface area contributed by atoms with Crippen molar-refractivity contribution >= 4 is 23.3 Å². The molecule has 2 N–H and O–H groups in total. The van der Waals surface area contributed by atoms with Crippen molar-refractivity contribution in [3.63, 3.8) is 0 Å². The molecule has 1 unspecified atom stereocenters. The zero-order chi connectivity index (χ0) is 21.3. The van der Waals surface area contributed by atoms with Gasteiger partial charge in [-0.3, -0.25) is 9.59 Å². The molecule has 1 aromatic heterocycles. The molecule has 0 saturated heterocycles. The van der Waals surface area contributed by atoms with Crippen LogP contribution in [0.25, 0.3) is 11.1 Å². The van der Waals surface area contributed by atoms with E-state index in [0.717, 1.165) is 33.6 Å². The van der Waals surface area contributed by atoms with E-state index in [0.29, 0.717) is 12.4 Å². The minimum atomic E-state index is -0.709. The Kier molecular flexibility index (Phi) is 5.37. The summed E-state index contributed by atoms with van der Waals surface area (Å²) in [5, 5.41) is 10.4. The van der Waals surface area contributed by atoms with E-state index in [1.54, 1.807) is 11.8 Å². The van der Waals surface area contributed by atoms with Crippen LogP contribution in [0.2, 0.25) is 0 Å². The number of aromatic nitrogens is 2. The second kappa shape index (κ2) is 8.12. The molecule has 2 aromatic carbocycles. The lowest BCUT2D eigenvalue weighted by Gasteiger charge is -2.11. The molecule has 0 radical (unpaired) electrons. The van der Waals surface area contributed by atoms with Crippen molar-refractivity contribution in [1.82, 2.24) is 9.78 Å². The number of ether oxygens (including phenoxy) is 1. The predicted octanol–water partition coefficient (Wildman–Crippen LogP) is 3.84. The molecule has 154 valence electrons. The zero-order valence-corrected chi connectivity index (χ0v) is 17.2. The number of carbonyl (C=O) groups is 2. The molecule has 30 heavy (non-hydrogen) atoms. The van der Waals surface area contributed by atoms with E-state index in [2.05, 4.69) is 15.7 Å². The van der Waals surface area contributed by atoms with Crippen molar-refractivity contribution in [2.75, 3.05) is 17.7 Å². The number of aryl methyl sites for hydroxylation is 2. The van der Waals surface area contributed by atoms with Gasteiger partial charge in [-0.25, -0.2) is 4.68 Å². The Labute approximate surface area is 175 Å². The molecule has 1 aliphatic rings. The van der Waals surface area contributed by atoms with Gasteiger partial charge in [-0.1, -0.05) is 36.4 Å². The van der Waals surface area contributed by atoms with Crippen LogP contribution in [0.4, 0.5) is 11.5 Å². The Morgan fingerprint density at radius 1 is 1.17 bits per heavy atom. The van der Waals surface area contributed by atoms with Crippen molar-refractivity contribution < 1.29 is 14.3 Å². The normalized spacial score (nSPS) is 15.0. The van der Waals surface area contributed by atoms with E-state index in [-0.39, 0.29) is 18.2 Å². The van der Waals surface area contributed by atoms with Gasteiger partial charge in [0.15, 0.2) is 0 Å². The minimum Gasteiger partial charge on any atom is -0.378 e. The Bertz CT molecular complexity index is 1080. The second-order valence-corrected chi connectivity index (χ2v) is 7.55. The lowest BCUT2D eigenvalue weighted by atomic mass is 10.1. The van der Waals surface area contributed by atoms with E-state index in [4.69, 9.17) is 4.74 Å². The first-order valence-corrected chi connectivity index (χ1v) is 9.81. The summed E-state index contributed by atoms with van der Waals surface area (Å²) in [7, 11) is 1.60. The lowest BCUT2D eigenvalue weighted by molar-refractivity contribution is -0.123. The van der Waals surface area contributed by atoms with Gasteiger partial charge < -0.3 is 15.4 Å². The number of hydrogen-bond acceptors (Lipinski definition) is 4. The molecular formula is C23H24N4O3. The number of methoxy groups -OCH3 is 1. The van der Waals surface area contributed by atoms with E-state index >= 15 is 0 Å². The van der Waals surface area contributed by atoms with Crippen LogP contribution in [0, 0.1) is 13.8 Å². The fraction of sp³-hybridized carbons (Fsp3) is 0.261. The first kappa shape index (κ1) is 19.8. The standard InChI is InChI=1S/C23H24N4O3/c1-14-9-15(2)11-17(10-14)24-20(28)12-19-23(29)25-22-21(16-7-5-4-6-8-16)18(13-30-3)26-27(19)22/h4-11,19H,12-13H2,1-3H3,(H,24,28)(H,25,29). The third kappa shape index (κ3) is 3.84. The molecule has 0 saturated carbocycles. The molecular weight excluding hydrogens is 380 g/mol. The molecule has 0 bridgehead atoms. The summed E-state index contributed by atoms with van der Waals surface area (Å²) in [6, 6.07) is 14.9. The Morgan fingerprint density at radius 3 is 2.53 bits per heavy atom. The fourth-order valence-electron chi connectivity index (χ4n) is 3.90. The van der Waals surface area contributed by atoms with Crippen LogP contribution >= 0.6 is 0 Å². The average molecular weight is 404 g/mol. The number of fused-ring (bicyclic) bond motifs is 1. The Morgan fingerprint density at radius 2 is 1.87 bits per heavy atom. The predicted molar refractivity (Wildman–Crippen MR) is 115 cm³/mol. The first-order valence-electron chi connectivity index (χ1n) is 9.81. The first-order chi connectivity index (χ1) is 14.5. The van der Waals surface area contributed by atoms with Crippen molar-refractivity contribution in [2.24, 2.45) is 0 Å². The van der Waals surface area contributed by atoms with E-state index in [1.807, 2.05) is 62.4 Å². The molecule has 7 heteroatoms. The molecule has 0 spiro atoms. The largest absolute Gasteiger partial charge is 0.378 e. The van der Waals surface area contributed by atoms with Crippen LogP contribution in [-0.4, -0.2) is 28.7 Å². The van der Waals surface area contributed by atoms with Crippen molar-refractivity contribution in [3.05, 3.63) is 65.4 Å². The highest BCUT2D eigenvalue weighted by Crippen LogP contribution is 2.38. The summed E-state index contributed by atoms with van der Waals surface area (Å²) in [6.45, 7) is 4.26. The van der Waals surface area contributed by atoms with Crippen LogP contribution < -0.4 is 10.6 Å². The summed E-state index contributed by atoms with van der Waals surface area (Å²) in [5.74, 6) is 0.120. The van der Waals surface area contributed by atoms with Crippen LogP contribution in [0.5, 0.6) is 0 Å². The molecule has 3 aromatic rings. The van der Waals surface area contributed by atoms with E-state index in [9.17, 15) is 9.59 Å². The number of rotatable bonds is 6. The number of hydrogen-bond donors (Lipinski definition) is 2. The molecule has 1 aliphatic heterocycles. The lowest BCUT2D eigenvalue weighted by Crippen LogP contribution is -2.24. The highest BCUT2D eigenvalue weighted by molar-refractivity contribution is 6.04. The summed E-state index contributed by atoms with van der Waals surface area (Å²) in [4.78, 5) is 25.3. The van der Waals surface area contributed by atoms with E-state index in [1.165, 1.54) is 0 Å². The molecule has 1 atom stereocenters. The number of nitrogens with zero attached hydrogens (tertiary/aromatic N) is 2. The van der Waals surface area contributed by atoms with Gasteiger partial charge in [0.2, 0.25) is 5.91 Å². The molecule has 2 amide bonds. The van der Waals surface area contributed by atoms with Gasteiger partial charge in [-0.05, 0) is 42.7 Å². The topological polar surface area (TPSA) is 85.2 Å². The SMILES string of the molecule is COCc1nn2c(c1-c1ccccc1)NC(=O)C2CC(=O)Nc1cc(C)cc(C)c1. The number of anilines is 2. The van der Waals surface area contributed by atoms with Gasteiger partial charge in [0.25, 0.3) is 5.91 Å². The minimum absolute atomic E-state index is 0.00580.